The summed E-state index contributed by atoms with van der Waals surface area (Å²) in [5, 5.41) is 5.46. The Morgan fingerprint density at radius 1 is 0.568 bits per heavy atom. The van der Waals surface area contributed by atoms with Crippen LogP contribution in [0.4, 0.5) is 0 Å². The fourth-order valence-electron chi connectivity index (χ4n) is 5.73. The van der Waals surface area contributed by atoms with Gasteiger partial charge in [0.15, 0.2) is 0 Å². The van der Waals surface area contributed by atoms with Crippen molar-refractivity contribution in [3.8, 4) is 0 Å². The summed E-state index contributed by atoms with van der Waals surface area (Å²) < 4.78 is 3.38. The first-order valence-corrected chi connectivity index (χ1v) is 15.2. The minimum absolute atomic E-state index is 0.124. The second-order valence-corrected chi connectivity index (χ2v) is 13.8. The van der Waals surface area contributed by atoms with Crippen molar-refractivity contribution in [2.45, 2.75) is 5.66 Å². The smallest absolute Gasteiger partial charge is 0.136 e. The Hall–Kier alpha value is -3.45. The molecule has 180 valence electrons. The molecule has 1 aromatic heterocycles. The molecule has 5 aromatic carbocycles. The predicted molar refractivity (Wildman–Crippen MR) is 164 cm³/mol. The Morgan fingerprint density at radius 2 is 1.03 bits per heavy atom. The van der Waals surface area contributed by atoms with Gasteiger partial charge in [-0.15, -0.1) is 0 Å². The lowest BCUT2D eigenvalue weighted by Crippen LogP contribution is -2.35. The van der Waals surface area contributed by atoms with Crippen LogP contribution in [0.5, 0.6) is 0 Å². The van der Waals surface area contributed by atoms with Crippen LogP contribution in [0.15, 0.2) is 150 Å². The maximum Gasteiger partial charge on any atom is 0.136 e. The summed E-state index contributed by atoms with van der Waals surface area (Å²) in [6.07, 6.45) is 2.36. The van der Waals surface area contributed by atoms with Gasteiger partial charge in [0.1, 0.15) is 28.8 Å². The third-order valence-electron chi connectivity index (χ3n) is 7.29. The zero-order valence-electron chi connectivity index (χ0n) is 20.7. The Balaban J connectivity index is 1.81. The van der Waals surface area contributed by atoms with Crippen LogP contribution >= 0.6 is 23.2 Å². The lowest BCUT2D eigenvalue weighted by atomic mass is 10.0. The highest BCUT2D eigenvalue weighted by Crippen LogP contribution is 2.69. The minimum Gasteiger partial charge on any atom is -0.350 e. The summed E-state index contributed by atoms with van der Waals surface area (Å²) in [5.74, 6) is 0. The van der Waals surface area contributed by atoms with E-state index in [0.717, 1.165) is 4.47 Å². The zero-order valence-corrected chi connectivity index (χ0v) is 23.2. The maximum absolute atomic E-state index is 3.68. The number of para-hydroxylation sites is 1. The highest BCUT2D eigenvalue weighted by molar-refractivity contribution is 9.10. The topological polar surface area (TPSA) is 4.93 Å². The van der Waals surface area contributed by atoms with E-state index in [9.17, 15) is 0 Å². The van der Waals surface area contributed by atoms with E-state index in [2.05, 4.69) is 173 Å². The molecule has 0 aliphatic carbocycles. The molecule has 0 N–H and O–H groups in total. The van der Waals surface area contributed by atoms with Crippen LogP contribution < -0.4 is 15.9 Å². The SMILES string of the molecule is Cn1cc(C(c2ccc(Br)cc2)[P+](c2ccccc2)(c2ccccc2)c2ccccc2)c2ccccc21. The van der Waals surface area contributed by atoms with Crippen LogP contribution in [0, 0.1) is 0 Å². The predicted octanol–water partition coefficient (Wildman–Crippen LogP) is 8.02. The molecule has 0 aliphatic rings. The third kappa shape index (κ3) is 4.15. The summed E-state index contributed by atoms with van der Waals surface area (Å²) in [4.78, 5) is 0. The van der Waals surface area contributed by atoms with Gasteiger partial charge in [-0.25, -0.2) is 0 Å². The fraction of sp³-hybridized carbons (Fsp3) is 0.0588. The highest BCUT2D eigenvalue weighted by atomic mass is 79.9. The zero-order chi connectivity index (χ0) is 25.2. The molecule has 3 heteroatoms. The van der Waals surface area contributed by atoms with E-state index in [1.54, 1.807) is 0 Å². The second kappa shape index (κ2) is 10.1. The number of halogens is 1. The quantitative estimate of drug-likeness (QED) is 0.182. The van der Waals surface area contributed by atoms with E-state index < -0.39 is 7.26 Å². The average molecular weight is 561 g/mol. The number of fused-ring (bicyclic) bond motifs is 1. The van der Waals surface area contributed by atoms with Crippen LogP contribution in [0.3, 0.4) is 0 Å². The van der Waals surface area contributed by atoms with Crippen molar-refractivity contribution in [3.63, 3.8) is 0 Å². The molecule has 0 aliphatic heterocycles. The first kappa shape index (κ1) is 23.9. The number of benzene rings is 5. The van der Waals surface area contributed by atoms with Gasteiger partial charge in [0.2, 0.25) is 0 Å². The second-order valence-electron chi connectivity index (χ2n) is 9.40. The van der Waals surface area contributed by atoms with Crippen molar-refractivity contribution in [1.82, 2.24) is 4.57 Å². The van der Waals surface area contributed by atoms with E-state index in [0.29, 0.717) is 0 Å². The summed E-state index contributed by atoms with van der Waals surface area (Å²) in [7, 11) is -0.0771. The Labute approximate surface area is 227 Å². The van der Waals surface area contributed by atoms with Crippen molar-refractivity contribution < 1.29 is 0 Å². The molecule has 0 saturated carbocycles. The van der Waals surface area contributed by atoms with Gasteiger partial charge in [-0.05, 0) is 60.2 Å². The Kier molecular flexibility index (Phi) is 6.55. The van der Waals surface area contributed by atoms with Gasteiger partial charge in [0.05, 0.1) is 0 Å². The maximum atomic E-state index is 3.68. The monoisotopic (exact) mass is 560 g/mol. The van der Waals surface area contributed by atoms with E-state index in [1.165, 1.54) is 37.9 Å². The largest absolute Gasteiger partial charge is 0.350 e. The minimum atomic E-state index is -2.24. The number of rotatable bonds is 6. The molecule has 1 nitrogen and oxygen atoms in total. The van der Waals surface area contributed by atoms with Crippen LogP contribution in [0.25, 0.3) is 10.9 Å². The fourth-order valence-corrected chi connectivity index (χ4v) is 11.0. The molecule has 37 heavy (non-hydrogen) atoms. The van der Waals surface area contributed by atoms with Crippen molar-refractivity contribution >= 4 is 50.0 Å². The van der Waals surface area contributed by atoms with Gasteiger partial charge in [-0.3, -0.25) is 0 Å². The summed E-state index contributed by atoms with van der Waals surface area (Å²) in [6.45, 7) is 0. The van der Waals surface area contributed by atoms with Gasteiger partial charge in [0.25, 0.3) is 0 Å². The molecule has 0 bridgehead atoms. The number of nitrogens with zero attached hydrogens (tertiary/aromatic N) is 1. The summed E-state index contributed by atoms with van der Waals surface area (Å²) in [6, 6.07) is 51.3. The van der Waals surface area contributed by atoms with Gasteiger partial charge in [0, 0.05) is 34.2 Å². The molecule has 0 saturated heterocycles. The van der Waals surface area contributed by atoms with Gasteiger partial charge >= 0.3 is 0 Å². The molecule has 6 rings (SSSR count). The van der Waals surface area contributed by atoms with Crippen LogP contribution in [0.1, 0.15) is 16.8 Å². The standard InChI is InChI=1S/C34H28BrNP/c1-36-25-32(31-19-11-12-20-33(31)36)34(26-21-23-27(35)24-22-26)37(28-13-5-2-6-14-28,29-15-7-3-8-16-29)30-17-9-4-10-18-30/h2-25,34H,1H3/q+1. The Bertz CT molecular complexity index is 1530. The van der Waals surface area contributed by atoms with Crippen LogP contribution in [-0.2, 0) is 7.05 Å². The molecule has 1 atom stereocenters. The summed E-state index contributed by atoms with van der Waals surface area (Å²) >= 11 is 3.68. The van der Waals surface area contributed by atoms with Crippen molar-refractivity contribution in [3.05, 3.63) is 161 Å². The van der Waals surface area contributed by atoms with E-state index >= 15 is 0 Å². The van der Waals surface area contributed by atoms with E-state index in [4.69, 9.17) is 0 Å². The molecule has 1 heterocycles. The molecule has 6 aromatic rings. The number of aromatic nitrogens is 1. The number of aryl methyl sites for hydroxylation is 1. The van der Waals surface area contributed by atoms with Crippen LogP contribution in [0.2, 0.25) is 0 Å². The number of hydrogen-bond acceptors (Lipinski definition) is 0. The van der Waals surface area contributed by atoms with E-state index in [-0.39, 0.29) is 5.66 Å². The molecular formula is C34H28BrNP+. The summed E-state index contributed by atoms with van der Waals surface area (Å²) in [5.41, 5.74) is 4.07. The van der Waals surface area contributed by atoms with E-state index in [1.807, 2.05) is 0 Å². The lowest BCUT2D eigenvalue weighted by Gasteiger charge is -2.35. The first-order chi connectivity index (χ1) is 18.2. The molecular weight excluding hydrogens is 533 g/mol. The van der Waals surface area contributed by atoms with Crippen molar-refractivity contribution in [2.75, 3.05) is 0 Å². The average Bonchev–Trinajstić information content (AvgIpc) is 3.29. The first-order valence-electron chi connectivity index (χ1n) is 12.5. The van der Waals surface area contributed by atoms with Gasteiger partial charge < -0.3 is 4.57 Å². The molecule has 0 radical (unpaired) electrons. The highest BCUT2D eigenvalue weighted by Gasteiger charge is 2.54. The molecule has 0 fully saturated rings. The van der Waals surface area contributed by atoms with Crippen molar-refractivity contribution in [2.24, 2.45) is 7.05 Å². The lowest BCUT2D eigenvalue weighted by molar-refractivity contribution is 0.954. The third-order valence-corrected chi connectivity index (χ3v) is 12.5. The van der Waals surface area contributed by atoms with Gasteiger partial charge in [-0.1, -0.05) is 101 Å². The van der Waals surface area contributed by atoms with Crippen molar-refractivity contribution in [1.29, 1.82) is 0 Å². The molecule has 1 unspecified atom stereocenters. The van der Waals surface area contributed by atoms with Crippen LogP contribution in [-0.4, -0.2) is 4.57 Å². The normalized spacial score (nSPS) is 12.5. The number of hydrogen-bond donors (Lipinski definition) is 0. The Morgan fingerprint density at radius 3 is 1.54 bits per heavy atom. The molecule has 0 spiro atoms. The molecule has 0 amide bonds. The van der Waals surface area contributed by atoms with Gasteiger partial charge in [-0.2, -0.15) is 0 Å².